The highest BCUT2D eigenvalue weighted by Gasteiger charge is 2.59. The van der Waals surface area contributed by atoms with Crippen LogP contribution in [0.3, 0.4) is 0 Å². The first-order valence-corrected chi connectivity index (χ1v) is 7.68. The highest BCUT2D eigenvalue weighted by atomic mass is 16.1. The van der Waals surface area contributed by atoms with Gasteiger partial charge in [0.05, 0.1) is 0 Å². The van der Waals surface area contributed by atoms with Gasteiger partial charge in [0.1, 0.15) is 0 Å². The van der Waals surface area contributed by atoms with E-state index in [1.54, 1.807) is 0 Å². The molecule has 0 radical (unpaired) electrons. The van der Waals surface area contributed by atoms with Crippen LogP contribution in [0.1, 0.15) is 54.4 Å². The lowest BCUT2D eigenvalue weighted by atomic mass is 9.47. The van der Waals surface area contributed by atoms with Crippen molar-refractivity contribution in [3.8, 4) is 0 Å². The number of allylic oxidation sites excluding steroid dienone is 1. The second-order valence-corrected chi connectivity index (χ2v) is 8.47. The molecule has 4 rings (SSSR count). The van der Waals surface area contributed by atoms with E-state index in [0.717, 1.165) is 12.3 Å². The second kappa shape index (κ2) is 3.72. The molecule has 2 unspecified atom stereocenters. The summed E-state index contributed by atoms with van der Waals surface area (Å²) in [6.45, 7) is 13.5. The Balaban J connectivity index is 1.98. The molecular weight excluding hydrogens is 234 g/mol. The molecule has 0 amide bonds. The van der Waals surface area contributed by atoms with Crippen LogP contribution in [-0.4, -0.2) is 17.4 Å². The number of nitrogens with one attached hydrogen (secondary N) is 1. The molecule has 0 aromatic carbocycles. The number of Topliss-reactive ketones (excluding diaryl/α,β-unsaturated/α-hetero) is 1. The van der Waals surface area contributed by atoms with E-state index in [0.29, 0.717) is 17.1 Å². The summed E-state index contributed by atoms with van der Waals surface area (Å²) in [5.74, 6) is 1.91. The van der Waals surface area contributed by atoms with Crippen molar-refractivity contribution < 1.29 is 4.79 Å². The second-order valence-electron chi connectivity index (χ2n) is 8.47. The van der Waals surface area contributed by atoms with Crippen LogP contribution in [0.15, 0.2) is 11.1 Å². The predicted molar refractivity (Wildman–Crippen MR) is 77.9 cm³/mol. The number of hydrogen-bond acceptors (Lipinski definition) is 2. The largest absolute Gasteiger partial charge is 0.305 e. The maximum Gasteiger partial charge on any atom is 0.163 e. The van der Waals surface area contributed by atoms with E-state index in [1.165, 1.54) is 17.6 Å². The zero-order chi connectivity index (χ0) is 14.2. The van der Waals surface area contributed by atoms with Gasteiger partial charge in [-0.15, -0.1) is 0 Å². The molecule has 2 nitrogen and oxygen atoms in total. The molecule has 4 aliphatic rings. The van der Waals surface area contributed by atoms with Gasteiger partial charge in [0.2, 0.25) is 0 Å². The molecule has 2 bridgehead atoms. The van der Waals surface area contributed by atoms with Crippen molar-refractivity contribution in [2.75, 3.05) is 0 Å². The molecular formula is C17H27NO. The number of ketones is 1. The summed E-state index contributed by atoms with van der Waals surface area (Å²) >= 11 is 0. The normalized spacial score (nSPS) is 40.2. The summed E-state index contributed by atoms with van der Waals surface area (Å²) in [5.41, 5.74) is 3.13. The van der Waals surface area contributed by atoms with Crippen LogP contribution < -0.4 is 5.32 Å². The summed E-state index contributed by atoms with van der Waals surface area (Å²) < 4.78 is 0. The predicted octanol–water partition coefficient (Wildman–Crippen LogP) is 3.32. The summed E-state index contributed by atoms with van der Waals surface area (Å²) in [4.78, 5) is 12.5. The minimum Gasteiger partial charge on any atom is -0.305 e. The van der Waals surface area contributed by atoms with Gasteiger partial charge in [-0.3, -0.25) is 4.79 Å². The zero-order valence-electron chi connectivity index (χ0n) is 13.1. The molecule has 0 spiro atoms. The van der Waals surface area contributed by atoms with E-state index in [1.807, 2.05) is 0 Å². The van der Waals surface area contributed by atoms with Gasteiger partial charge in [0.15, 0.2) is 5.78 Å². The lowest BCUT2D eigenvalue weighted by Gasteiger charge is -2.58. The minimum atomic E-state index is 0.0619. The molecule has 2 heteroatoms. The first kappa shape index (κ1) is 13.4. The maximum atomic E-state index is 12.5. The molecule has 1 fully saturated rings. The Labute approximate surface area is 117 Å². The van der Waals surface area contributed by atoms with E-state index in [-0.39, 0.29) is 17.5 Å². The lowest BCUT2D eigenvalue weighted by Crippen LogP contribution is -2.54. The van der Waals surface area contributed by atoms with Gasteiger partial charge in [-0.1, -0.05) is 20.8 Å². The smallest absolute Gasteiger partial charge is 0.163 e. The van der Waals surface area contributed by atoms with E-state index in [4.69, 9.17) is 0 Å². The van der Waals surface area contributed by atoms with Crippen LogP contribution >= 0.6 is 0 Å². The molecule has 0 saturated heterocycles. The number of rotatable bonds is 1. The highest BCUT2D eigenvalue weighted by molar-refractivity contribution is 6.02. The van der Waals surface area contributed by atoms with E-state index >= 15 is 0 Å². The minimum absolute atomic E-state index is 0.0619. The van der Waals surface area contributed by atoms with Crippen LogP contribution in [0.5, 0.6) is 0 Å². The third-order valence-electron chi connectivity index (χ3n) is 5.78. The molecule has 0 aromatic rings. The summed E-state index contributed by atoms with van der Waals surface area (Å²) in [6.07, 6.45) is 2.33. The van der Waals surface area contributed by atoms with Gasteiger partial charge in [-0.25, -0.2) is 0 Å². The molecule has 1 N–H and O–H groups in total. The van der Waals surface area contributed by atoms with Gasteiger partial charge in [0, 0.05) is 17.5 Å². The molecule has 19 heavy (non-hydrogen) atoms. The van der Waals surface area contributed by atoms with Crippen LogP contribution in [0.4, 0.5) is 0 Å². The summed E-state index contributed by atoms with van der Waals surface area (Å²) in [6, 6.07) is 0.271. The Morgan fingerprint density at radius 3 is 2.42 bits per heavy atom. The zero-order valence-corrected chi connectivity index (χ0v) is 13.1. The van der Waals surface area contributed by atoms with Crippen molar-refractivity contribution in [1.29, 1.82) is 0 Å². The van der Waals surface area contributed by atoms with E-state index in [9.17, 15) is 4.79 Å². The van der Waals surface area contributed by atoms with Crippen molar-refractivity contribution in [3.63, 3.8) is 0 Å². The average Bonchev–Trinajstić information content (AvgIpc) is 2.53. The summed E-state index contributed by atoms with van der Waals surface area (Å²) in [5, 5.41) is 3.71. The fraction of sp³-hybridized carbons (Fsp3) is 0.824. The maximum absolute atomic E-state index is 12.5. The Bertz CT molecular complexity index is 466. The van der Waals surface area contributed by atoms with Gasteiger partial charge in [0.25, 0.3) is 0 Å². The van der Waals surface area contributed by atoms with Crippen LogP contribution in [0.2, 0.25) is 0 Å². The molecule has 4 atom stereocenters. The Hall–Kier alpha value is -0.630. The molecule has 1 saturated carbocycles. The third-order valence-corrected chi connectivity index (χ3v) is 5.78. The van der Waals surface area contributed by atoms with E-state index in [2.05, 4.69) is 46.9 Å². The Morgan fingerprint density at radius 1 is 1.26 bits per heavy atom. The molecule has 106 valence electrons. The van der Waals surface area contributed by atoms with Crippen molar-refractivity contribution in [2.24, 2.45) is 23.2 Å². The van der Waals surface area contributed by atoms with Gasteiger partial charge >= 0.3 is 0 Å². The monoisotopic (exact) mass is 261 g/mol. The average molecular weight is 261 g/mol. The van der Waals surface area contributed by atoms with Crippen LogP contribution in [-0.2, 0) is 4.79 Å². The van der Waals surface area contributed by atoms with Crippen molar-refractivity contribution in [3.05, 3.63) is 11.1 Å². The molecule has 0 heterocycles. The topological polar surface area (TPSA) is 29.1 Å². The Kier molecular flexibility index (Phi) is 2.62. The number of carbonyl (C=O) groups is 1. The van der Waals surface area contributed by atoms with Crippen molar-refractivity contribution >= 4 is 5.78 Å². The quantitative estimate of drug-likeness (QED) is 0.784. The van der Waals surface area contributed by atoms with Gasteiger partial charge in [-0.2, -0.15) is 0 Å². The fourth-order valence-electron chi connectivity index (χ4n) is 4.48. The van der Waals surface area contributed by atoms with Gasteiger partial charge < -0.3 is 5.32 Å². The molecule has 0 aliphatic heterocycles. The molecule has 4 aliphatic carbocycles. The number of hydrogen-bond donors (Lipinski definition) is 1. The van der Waals surface area contributed by atoms with Crippen molar-refractivity contribution in [1.82, 2.24) is 5.32 Å². The van der Waals surface area contributed by atoms with Crippen molar-refractivity contribution in [2.45, 2.75) is 66.0 Å². The lowest BCUT2D eigenvalue weighted by molar-refractivity contribution is -0.118. The van der Waals surface area contributed by atoms with E-state index < -0.39 is 0 Å². The standard InChI is InChI=1S/C17H27NO/c1-9-14(18-16(2,3)4)13-11(15(9)19)7-10-8-12(13)17(10,5)6/h9-10,12,14,18H,7-8H2,1-6H3/t9?,10-,12-,14?/m0/s1. The first-order valence-electron chi connectivity index (χ1n) is 7.68. The molecule has 0 aromatic heterocycles. The first-order chi connectivity index (χ1) is 8.63. The highest BCUT2D eigenvalue weighted by Crippen LogP contribution is 2.63. The number of carbonyl (C=O) groups excluding carboxylic acids is 1. The van der Waals surface area contributed by atoms with Crippen LogP contribution in [0.25, 0.3) is 0 Å². The fourth-order valence-corrected chi connectivity index (χ4v) is 4.48. The van der Waals surface area contributed by atoms with Crippen LogP contribution in [0, 0.1) is 23.2 Å². The van der Waals surface area contributed by atoms with Gasteiger partial charge in [-0.05, 0) is 62.0 Å². The third kappa shape index (κ3) is 1.75. The SMILES string of the molecule is CC1C(=O)C2=C(C1NC(C)(C)C)[C@@H]1C[C@H](C2)C1(C)C. The Morgan fingerprint density at radius 2 is 1.89 bits per heavy atom. The summed E-state index contributed by atoms with van der Waals surface area (Å²) in [7, 11) is 0.